The molecule has 2 aliphatic carbocycles. The van der Waals surface area contributed by atoms with E-state index >= 15 is 0 Å². The van der Waals surface area contributed by atoms with Crippen LogP contribution in [0.3, 0.4) is 0 Å². The van der Waals surface area contributed by atoms with Crippen LogP contribution in [0.5, 0.6) is 0 Å². The fourth-order valence-corrected chi connectivity index (χ4v) is 5.47. The van der Waals surface area contributed by atoms with E-state index in [4.69, 9.17) is 9.84 Å². The maximum absolute atomic E-state index is 12.8. The van der Waals surface area contributed by atoms with Gasteiger partial charge in [-0.1, -0.05) is 68.3 Å². The summed E-state index contributed by atoms with van der Waals surface area (Å²) in [5.41, 5.74) is 4.70. The summed E-state index contributed by atoms with van der Waals surface area (Å²) < 4.78 is 5.71. The number of carbonyl (C=O) groups excluding carboxylic acids is 2. The van der Waals surface area contributed by atoms with E-state index in [9.17, 15) is 14.4 Å². The fraction of sp³-hybridized carbons (Fsp3) is 0.464. The Kier molecular flexibility index (Phi) is 8.06. The molecule has 7 nitrogen and oxygen atoms in total. The summed E-state index contributed by atoms with van der Waals surface area (Å²) in [6, 6.07) is 15.9. The summed E-state index contributed by atoms with van der Waals surface area (Å²) in [6.45, 7) is 2.11. The fourth-order valence-electron chi connectivity index (χ4n) is 5.47. The van der Waals surface area contributed by atoms with E-state index in [0.717, 1.165) is 25.7 Å². The molecule has 0 unspecified atom stereocenters. The van der Waals surface area contributed by atoms with Crippen molar-refractivity contribution in [2.75, 3.05) is 6.61 Å². The normalized spacial score (nSPS) is 19.8. The number of fused-ring (bicyclic) bond motifs is 3. The van der Waals surface area contributed by atoms with Crippen molar-refractivity contribution in [3.05, 3.63) is 59.7 Å². The molecule has 3 N–H and O–H groups in total. The van der Waals surface area contributed by atoms with Gasteiger partial charge < -0.3 is 20.5 Å². The minimum absolute atomic E-state index is 0.00120. The molecule has 3 atom stereocenters. The van der Waals surface area contributed by atoms with Gasteiger partial charge in [0, 0.05) is 24.4 Å². The number of benzene rings is 2. The number of carboxylic acids is 1. The van der Waals surface area contributed by atoms with E-state index in [1.807, 2.05) is 31.2 Å². The second kappa shape index (κ2) is 11.4. The lowest BCUT2D eigenvalue weighted by atomic mass is 9.82. The van der Waals surface area contributed by atoms with E-state index in [0.29, 0.717) is 6.42 Å². The van der Waals surface area contributed by atoms with Crippen LogP contribution in [-0.4, -0.2) is 41.8 Å². The van der Waals surface area contributed by atoms with Gasteiger partial charge in [-0.25, -0.2) is 4.79 Å². The molecule has 0 saturated heterocycles. The van der Waals surface area contributed by atoms with Gasteiger partial charge in [0.05, 0.1) is 6.42 Å². The molecule has 0 heterocycles. The number of hydrogen-bond acceptors (Lipinski definition) is 4. The Hall–Kier alpha value is -3.35. The summed E-state index contributed by atoms with van der Waals surface area (Å²) in [4.78, 5) is 36.3. The minimum Gasteiger partial charge on any atom is -0.481 e. The Balaban J connectivity index is 1.33. The smallest absolute Gasteiger partial charge is 0.407 e. The van der Waals surface area contributed by atoms with Crippen molar-refractivity contribution < 1.29 is 24.2 Å². The Bertz CT molecular complexity index is 1020. The van der Waals surface area contributed by atoms with Crippen molar-refractivity contribution >= 4 is 18.0 Å². The predicted octanol–water partition coefficient (Wildman–Crippen LogP) is 4.84. The van der Waals surface area contributed by atoms with Gasteiger partial charge in [-0.3, -0.25) is 9.59 Å². The average Bonchev–Trinajstić information content (AvgIpc) is 3.17. The van der Waals surface area contributed by atoms with Crippen molar-refractivity contribution in [2.24, 2.45) is 5.92 Å². The number of carboxylic acid groups (broad SMARTS) is 1. The third-order valence-electron chi connectivity index (χ3n) is 7.28. The molecule has 4 rings (SSSR count). The maximum atomic E-state index is 12.8. The van der Waals surface area contributed by atoms with Gasteiger partial charge in [0.2, 0.25) is 5.91 Å². The average molecular weight is 479 g/mol. The van der Waals surface area contributed by atoms with Crippen molar-refractivity contribution in [3.63, 3.8) is 0 Å². The Morgan fingerprint density at radius 1 is 1.00 bits per heavy atom. The zero-order chi connectivity index (χ0) is 24.8. The molecular weight excluding hydrogens is 444 g/mol. The van der Waals surface area contributed by atoms with Gasteiger partial charge in [0.25, 0.3) is 0 Å². The molecule has 2 aromatic carbocycles. The molecule has 0 radical (unpaired) electrons. The molecule has 7 heteroatoms. The maximum Gasteiger partial charge on any atom is 0.407 e. The van der Waals surface area contributed by atoms with E-state index in [-0.39, 0.29) is 49.3 Å². The largest absolute Gasteiger partial charge is 0.481 e. The molecular formula is C28H34N2O5. The molecule has 1 fully saturated rings. The van der Waals surface area contributed by atoms with Gasteiger partial charge in [-0.05, 0) is 47.4 Å². The molecule has 2 amide bonds. The van der Waals surface area contributed by atoms with Crippen LogP contribution in [0.4, 0.5) is 4.79 Å². The van der Waals surface area contributed by atoms with E-state index in [1.165, 1.54) is 22.3 Å². The number of carbonyl (C=O) groups is 3. The van der Waals surface area contributed by atoms with Crippen molar-refractivity contribution in [1.29, 1.82) is 0 Å². The van der Waals surface area contributed by atoms with Gasteiger partial charge in [-0.2, -0.15) is 0 Å². The van der Waals surface area contributed by atoms with Crippen molar-refractivity contribution in [2.45, 2.75) is 69.9 Å². The first kappa shape index (κ1) is 24.8. The lowest BCUT2D eigenvalue weighted by molar-refractivity contribution is -0.137. The van der Waals surface area contributed by atoms with Crippen LogP contribution in [0.15, 0.2) is 48.5 Å². The highest BCUT2D eigenvalue weighted by Crippen LogP contribution is 2.44. The third-order valence-corrected chi connectivity index (χ3v) is 7.28. The highest BCUT2D eigenvalue weighted by atomic mass is 16.5. The Morgan fingerprint density at radius 3 is 2.26 bits per heavy atom. The molecule has 186 valence electrons. The van der Waals surface area contributed by atoms with Crippen molar-refractivity contribution in [1.82, 2.24) is 10.6 Å². The Labute approximate surface area is 206 Å². The number of hydrogen-bond donors (Lipinski definition) is 3. The molecule has 0 bridgehead atoms. The van der Waals surface area contributed by atoms with Crippen LogP contribution in [-0.2, 0) is 14.3 Å². The number of amides is 2. The molecule has 2 aromatic rings. The number of rotatable bonds is 9. The zero-order valence-corrected chi connectivity index (χ0v) is 20.2. The lowest BCUT2D eigenvalue weighted by Gasteiger charge is -2.32. The van der Waals surface area contributed by atoms with Gasteiger partial charge in [-0.15, -0.1) is 0 Å². The second-order valence-corrected chi connectivity index (χ2v) is 9.60. The Morgan fingerprint density at radius 2 is 1.63 bits per heavy atom. The van der Waals surface area contributed by atoms with Crippen molar-refractivity contribution in [3.8, 4) is 11.1 Å². The summed E-state index contributed by atoms with van der Waals surface area (Å²) in [6.07, 6.45) is 3.92. The van der Waals surface area contributed by atoms with Crippen LogP contribution in [0.25, 0.3) is 11.1 Å². The van der Waals surface area contributed by atoms with Crippen LogP contribution < -0.4 is 10.6 Å². The number of ether oxygens (including phenoxy) is 1. The predicted molar refractivity (Wildman–Crippen MR) is 133 cm³/mol. The third kappa shape index (κ3) is 6.02. The molecule has 2 aliphatic rings. The SMILES string of the molecule is CC[C@@H](CC(=O)O)NC(=O)C[C@@H]1CCCC[C@@H]1NC(=O)OCC1c2ccccc2-c2ccccc21. The quantitative estimate of drug-likeness (QED) is 0.478. The summed E-state index contributed by atoms with van der Waals surface area (Å²) in [7, 11) is 0. The first-order chi connectivity index (χ1) is 17.0. The number of alkyl carbamates (subject to hydrolysis) is 1. The first-order valence-electron chi connectivity index (χ1n) is 12.6. The van der Waals surface area contributed by atoms with E-state index in [1.54, 1.807) is 0 Å². The second-order valence-electron chi connectivity index (χ2n) is 9.60. The lowest BCUT2D eigenvalue weighted by Crippen LogP contribution is -2.45. The van der Waals surface area contributed by atoms with E-state index in [2.05, 4.69) is 34.9 Å². The van der Waals surface area contributed by atoms with Gasteiger partial charge in [0.1, 0.15) is 6.61 Å². The minimum atomic E-state index is -0.926. The highest BCUT2D eigenvalue weighted by Gasteiger charge is 2.32. The summed E-state index contributed by atoms with van der Waals surface area (Å²) >= 11 is 0. The monoisotopic (exact) mass is 478 g/mol. The van der Waals surface area contributed by atoms with Crippen LogP contribution >= 0.6 is 0 Å². The first-order valence-corrected chi connectivity index (χ1v) is 12.6. The standard InChI is InChI=1S/C28H34N2O5/c1-2-19(16-27(32)33)29-26(31)15-18-9-3-8-14-25(18)30-28(34)35-17-24-22-12-6-4-10-20(22)21-11-5-7-13-23(21)24/h4-7,10-13,18-19,24-25H,2-3,8-9,14-17H2,1H3,(H,29,31)(H,30,34)(H,32,33)/t18-,19-,25-/m0/s1. The van der Waals surface area contributed by atoms with Crippen LogP contribution in [0.1, 0.15) is 68.9 Å². The van der Waals surface area contributed by atoms with Gasteiger partial charge >= 0.3 is 12.1 Å². The molecule has 1 saturated carbocycles. The van der Waals surface area contributed by atoms with Crippen LogP contribution in [0, 0.1) is 5.92 Å². The zero-order valence-electron chi connectivity index (χ0n) is 20.2. The number of nitrogens with one attached hydrogen (secondary N) is 2. The molecule has 0 aromatic heterocycles. The van der Waals surface area contributed by atoms with Crippen LogP contribution in [0.2, 0.25) is 0 Å². The molecule has 0 spiro atoms. The number of aliphatic carboxylic acids is 1. The topological polar surface area (TPSA) is 105 Å². The van der Waals surface area contributed by atoms with Gasteiger partial charge in [0.15, 0.2) is 0 Å². The summed E-state index contributed by atoms with van der Waals surface area (Å²) in [5, 5.41) is 14.9. The molecule has 35 heavy (non-hydrogen) atoms. The van der Waals surface area contributed by atoms with E-state index < -0.39 is 12.1 Å². The molecule has 0 aliphatic heterocycles. The highest BCUT2D eigenvalue weighted by molar-refractivity contribution is 5.79. The summed E-state index contributed by atoms with van der Waals surface area (Å²) in [5.74, 6) is -1.08.